The van der Waals surface area contributed by atoms with E-state index in [9.17, 15) is 8.42 Å². The Kier molecular flexibility index (Phi) is 5.74. The van der Waals surface area contributed by atoms with Crippen LogP contribution >= 0.6 is 0 Å². The van der Waals surface area contributed by atoms with E-state index in [4.69, 9.17) is 14.2 Å². The van der Waals surface area contributed by atoms with Crippen molar-refractivity contribution in [2.45, 2.75) is 30.9 Å². The van der Waals surface area contributed by atoms with Crippen LogP contribution in [0.1, 0.15) is 24.2 Å². The summed E-state index contributed by atoms with van der Waals surface area (Å²) in [5.41, 5.74) is 2.12. The summed E-state index contributed by atoms with van der Waals surface area (Å²) in [6, 6.07) is 12.4. The Morgan fingerprint density at radius 1 is 1.07 bits per heavy atom. The zero-order valence-corrected chi connectivity index (χ0v) is 16.8. The highest BCUT2D eigenvalue weighted by Gasteiger charge is 2.37. The summed E-state index contributed by atoms with van der Waals surface area (Å²) in [4.78, 5) is 0.127. The number of hydrogen-bond donors (Lipinski definition) is 0. The molecular formula is C20H25NO5S. The third-order valence-corrected chi connectivity index (χ3v) is 6.80. The zero-order valence-electron chi connectivity index (χ0n) is 16.0. The minimum absolute atomic E-state index is 0.127. The van der Waals surface area contributed by atoms with Crippen LogP contribution in [-0.2, 0) is 14.8 Å². The summed E-state index contributed by atoms with van der Waals surface area (Å²) in [5, 5.41) is 0. The first-order valence-corrected chi connectivity index (χ1v) is 10.2. The Morgan fingerprint density at radius 3 is 2.41 bits per heavy atom. The third-order valence-electron chi connectivity index (χ3n) is 4.78. The van der Waals surface area contributed by atoms with Crippen LogP contribution in [0.3, 0.4) is 0 Å². The molecule has 146 valence electrons. The molecule has 1 heterocycles. The second-order valence-corrected chi connectivity index (χ2v) is 8.53. The predicted octanol–water partition coefficient (Wildman–Crippen LogP) is 3.16. The number of methoxy groups -OCH3 is 2. The molecule has 2 aromatic carbocycles. The largest absolute Gasteiger partial charge is 0.497 e. The van der Waals surface area contributed by atoms with Crippen LogP contribution in [0.25, 0.3) is 0 Å². The van der Waals surface area contributed by atoms with Crippen molar-refractivity contribution in [1.82, 2.24) is 4.31 Å². The quantitative estimate of drug-likeness (QED) is 0.783. The summed E-state index contributed by atoms with van der Waals surface area (Å²) in [6.45, 7) is 4.44. The Morgan fingerprint density at radius 2 is 1.78 bits per heavy atom. The number of aryl methyl sites for hydroxylation is 1. The van der Waals surface area contributed by atoms with E-state index < -0.39 is 10.0 Å². The molecule has 1 aliphatic heterocycles. The van der Waals surface area contributed by atoms with Gasteiger partial charge in [0, 0.05) is 18.7 Å². The maximum Gasteiger partial charge on any atom is 0.247 e. The van der Waals surface area contributed by atoms with Gasteiger partial charge in [-0.15, -0.1) is 0 Å². The van der Waals surface area contributed by atoms with Crippen LogP contribution in [-0.4, -0.2) is 46.1 Å². The van der Waals surface area contributed by atoms with Gasteiger partial charge in [-0.25, -0.2) is 8.42 Å². The molecule has 1 fully saturated rings. The van der Waals surface area contributed by atoms with Crippen molar-refractivity contribution < 1.29 is 22.6 Å². The predicted molar refractivity (Wildman–Crippen MR) is 103 cm³/mol. The summed E-state index contributed by atoms with van der Waals surface area (Å²) >= 11 is 0. The Balaban J connectivity index is 1.93. The highest BCUT2D eigenvalue weighted by atomic mass is 32.2. The van der Waals surface area contributed by atoms with Crippen molar-refractivity contribution in [1.29, 1.82) is 0 Å². The van der Waals surface area contributed by atoms with Gasteiger partial charge in [-0.05, 0) is 31.5 Å². The maximum absolute atomic E-state index is 13.4. The van der Waals surface area contributed by atoms with E-state index in [1.54, 1.807) is 12.1 Å². The lowest BCUT2D eigenvalue weighted by Crippen LogP contribution is -2.48. The van der Waals surface area contributed by atoms with E-state index in [1.807, 2.05) is 38.1 Å². The Labute approximate surface area is 160 Å². The molecule has 0 N–H and O–H groups in total. The van der Waals surface area contributed by atoms with Crippen LogP contribution in [0.15, 0.2) is 47.4 Å². The molecule has 27 heavy (non-hydrogen) atoms. The van der Waals surface area contributed by atoms with Crippen molar-refractivity contribution in [2.75, 3.05) is 27.4 Å². The van der Waals surface area contributed by atoms with Crippen molar-refractivity contribution in [2.24, 2.45) is 0 Å². The molecule has 0 bridgehead atoms. The number of benzene rings is 2. The second kappa shape index (κ2) is 7.88. The van der Waals surface area contributed by atoms with Crippen LogP contribution in [0.4, 0.5) is 0 Å². The van der Waals surface area contributed by atoms with E-state index >= 15 is 0 Å². The van der Waals surface area contributed by atoms with Gasteiger partial charge in [0.15, 0.2) is 0 Å². The van der Waals surface area contributed by atoms with E-state index in [1.165, 1.54) is 24.6 Å². The maximum atomic E-state index is 13.4. The number of rotatable bonds is 5. The molecule has 1 saturated heterocycles. The lowest BCUT2D eigenvalue weighted by molar-refractivity contribution is -0.0288. The summed E-state index contributed by atoms with van der Waals surface area (Å²) in [6.07, 6.45) is -0.305. The minimum atomic E-state index is -3.76. The van der Waals surface area contributed by atoms with Gasteiger partial charge in [-0.1, -0.05) is 29.8 Å². The molecular weight excluding hydrogens is 366 g/mol. The molecule has 0 aliphatic carbocycles. The first kappa shape index (κ1) is 19.7. The summed E-state index contributed by atoms with van der Waals surface area (Å²) in [5.74, 6) is 0.804. The Hall–Kier alpha value is -2.09. The molecule has 0 radical (unpaired) electrons. The molecule has 2 unspecified atom stereocenters. The van der Waals surface area contributed by atoms with Gasteiger partial charge in [-0.2, -0.15) is 4.31 Å². The highest BCUT2D eigenvalue weighted by Crippen LogP contribution is 2.34. The first-order valence-electron chi connectivity index (χ1n) is 8.79. The van der Waals surface area contributed by atoms with Crippen molar-refractivity contribution in [3.63, 3.8) is 0 Å². The highest BCUT2D eigenvalue weighted by molar-refractivity contribution is 7.89. The molecule has 0 aromatic heterocycles. The van der Waals surface area contributed by atoms with Gasteiger partial charge >= 0.3 is 0 Å². The van der Waals surface area contributed by atoms with Crippen LogP contribution in [0.5, 0.6) is 11.5 Å². The van der Waals surface area contributed by atoms with Gasteiger partial charge in [0.05, 0.1) is 26.9 Å². The van der Waals surface area contributed by atoms with Gasteiger partial charge in [0.25, 0.3) is 0 Å². The number of nitrogens with zero attached hydrogens (tertiary/aromatic N) is 1. The normalized spacial score (nSPS) is 21.0. The van der Waals surface area contributed by atoms with E-state index in [2.05, 4.69) is 0 Å². The molecule has 0 saturated carbocycles. The third kappa shape index (κ3) is 3.95. The van der Waals surface area contributed by atoms with Gasteiger partial charge < -0.3 is 14.2 Å². The number of sulfonamides is 1. The van der Waals surface area contributed by atoms with Crippen molar-refractivity contribution in [3.05, 3.63) is 53.6 Å². The molecule has 3 rings (SSSR count). The van der Waals surface area contributed by atoms with Gasteiger partial charge in [-0.3, -0.25) is 0 Å². The molecule has 1 aliphatic rings. The molecule has 6 nitrogen and oxygen atoms in total. The average Bonchev–Trinajstić information content (AvgIpc) is 2.68. The Bertz CT molecular complexity index is 895. The minimum Gasteiger partial charge on any atom is -0.497 e. The van der Waals surface area contributed by atoms with Crippen LogP contribution < -0.4 is 9.47 Å². The average molecular weight is 391 g/mol. The molecule has 2 atom stereocenters. The van der Waals surface area contributed by atoms with Crippen LogP contribution in [0.2, 0.25) is 0 Å². The fourth-order valence-electron chi connectivity index (χ4n) is 3.17. The topological polar surface area (TPSA) is 65.1 Å². The lowest BCUT2D eigenvalue weighted by Gasteiger charge is -2.37. The summed E-state index contributed by atoms with van der Waals surface area (Å²) in [7, 11) is -0.778. The number of ether oxygens (including phenoxy) is 3. The second-order valence-electron chi connectivity index (χ2n) is 6.67. The van der Waals surface area contributed by atoms with Gasteiger partial charge in [0.1, 0.15) is 16.4 Å². The molecule has 0 spiro atoms. The first-order chi connectivity index (χ1) is 12.9. The molecule has 2 aromatic rings. The van der Waals surface area contributed by atoms with Crippen molar-refractivity contribution in [3.8, 4) is 11.5 Å². The van der Waals surface area contributed by atoms with E-state index in [0.29, 0.717) is 12.4 Å². The monoisotopic (exact) mass is 391 g/mol. The van der Waals surface area contributed by atoms with E-state index in [-0.39, 0.29) is 29.3 Å². The van der Waals surface area contributed by atoms with Crippen molar-refractivity contribution >= 4 is 10.0 Å². The molecule has 7 heteroatoms. The zero-order chi connectivity index (χ0) is 19.6. The SMILES string of the molecule is COc1ccc(S(=O)(=O)N2CC(c3ccc(C)cc3)OCC2C)c(OC)c1. The van der Waals surface area contributed by atoms with Crippen LogP contribution in [0, 0.1) is 6.92 Å². The molecule has 0 amide bonds. The fourth-order valence-corrected chi connectivity index (χ4v) is 4.92. The number of morpholine rings is 1. The standard InChI is InChI=1S/C20H25NO5S/c1-14-5-7-16(8-6-14)19-12-21(15(2)13-26-19)27(22,23)20-10-9-17(24-3)11-18(20)25-4/h5-11,15,19H,12-13H2,1-4H3. The lowest BCUT2D eigenvalue weighted by atomic mass is 10.1. The number of hydrogen-bond acceptors (Lipinski definition) is 5. The fraction of sp³-hybridized carbons (Fsp3) is 0.400. The van der Waals surface area contributed by atoms with E-state index in [0.717, 1.165) is 11.1 Å². The smallest absolute Gasteiger partial charge is 0.247 e. The summed E-state index contributed by atoms with van der Waals surface area (Å²) < 4.78 is 44.6. The van der Waals surface area contributed by atoms with Gasteiger partial charge in [0.2, 0.25) is 10.0 Å².